The quantitative estimate of drug-likeness (QED) is 0.888. The third-order valence-corrected chi connectivity index (χ3v) is 6.06. The van der Waals surface area contributed by atoms with Crippen LogP contribution in [0, 0.1) is 0 Å². The first-order valence-electron chi connectivity index (χ1n) is 9.34. The molecule has 2 aliphatic heterocycles. The largest absolute Gasteiger partial charge is 0.338 e. The highest BCUT2D eigenvalue weighted by atomic mass is 32.1. The molecule has 1 aromatic rings. The molecule has 2 saturated heterocycles. The van der Waals surface area contributed by atoms with Crippen LogP contribution in [0.3, 0.4) is 0 Å². The molecule has 134 valence electrons. The molecule has 0 aliphatic carbocycles. The van der Waals surface area contributed by atoms with Gasteiger partial charge in [-0.3, -0.25) is 4.90 Å². The number of carbonyl (C=O) groups excluding carboxylic acids is 1. The zero-order valence-electron chi connectivity index (χ0n) is 15.0. The van der Waals surface area contributed by atoms with Crippen LogP contribution in [0.15, 0.2) is 5.38 Å². The van der Waals surface area contributed by atoms with Crippen molar-refractivity contribution < 1.29 is 4.79 Å². The lowest BCUT2D eigenvalue weighted by molar-refractivity contribution is 0.161. The van der Waals surface area contributed by atoms with E-state index in [9.17, 15) is 4.79 Å². The Balaban J connectivity index is 1.39. The molecule has 24 heavy (non-hydrogen) atoms. The van der Waals surface area contributed by atoms with Gasteiger partial charge in [0.1, 0.15) is 0 Å². The Hall–Kier alpha value is -1.14. The van der Waals surface area contributed by atoms with Gasteiger partial charge in [0.15, 0.2) is 0 Å². The van der Waals surface area contributed by atoms with E-state index >= 15 is 0 Å². The number of nitrogens with one attached hydrogen (secondary N) is 1. The van der Waals surface area contributed by atoms with Gasteiger partial charge in [-0.05, 0) is 38.3 Å². The summed E-state index contributed by atoms with van der Waals surface area (Å²) in [5.41, 5.74) is 1.16. The predicted octanol–water partition coefficient (Wildman–Crippen LogP) is 3.08. The van der Waals surface area contributed by atoms with Crippen LogP contribution >= 0.6 is 11.3 Å². The summed E-state index contributed by atoms with van der Waals surface area (Å²) in [6.45, 7) is 9.20. The first-order chi connectivity index (χ1) is 11.6. The van der Waals surface area contributed by atoms with Crippen LogP contribution in [-0.4, -0.2) is 59.6 Å². The number of carbonyl (C=O) groups is 1. The van der Waals surface area contributed by atoms with Crippen molar-refractivity contribution in [2.24, 2.45) is 0 Å². The molecule has 3 rings (SSSR count). The van der Waals surface area contributed by atoms with E-state index < -0.39 is 0 Å². The second-order valence-corrected chi connectivity index (χ2v) is 8.23. The Kier molecular flexibility index (Phi) is 6.11. The molecule has 0 aromatic carbocycles. The molecule has 6 heteroatoms. The molecular formula is C18H30N4OS. The van der Waals surface area contributed by atoms with Crippen LogP contribution < -0.4 is 5.32 Å². The van der Waals surface area contributed by atoms with Crippen molar-refractivity contribution in [3.63, 3.8) is 0 Å². The third kappa shape index (κ3) is 4.48. The van der Waals surface area contributed by atoms with E-state index in [-0.39, 0.29) is 6.03 Å². The summed E-state index contributed by atoms with van der Waals surface area (Å²) in [5, 5.41) is 6.32. The fourth-order valence-electron chi connectivity index (χ4n) is 3.60. The summed E-state index contributed by atoms with van der Waals surface area (Å²) < 4.78 is 0. The van der Waals surface area contributed by atoms with Gasteiger partial charge in [0.2, 0.25) is 0 Å². The number of urea groups is 1. The molecule has 0 spiro atoms. The SMILES string of the molecule is CC(C)c1csc(CCNC(=O)N2CCC(N3CCCCC3)C2)n1. The van der Waals surface area contributed by atoms with Crippen molar-refractivity contribution in [2.75, 3.05) is 32.7 Å². The van der Waals surface area contributed by atoms with Crippen molar-refractivity contribution in [1.82, 2.24) is 20.1 Å². The van der Waals surface area contributed by atoms with Gasteiger partial charge in [-0.1, -0.05) is 20.3 Å². The number of thiazole rings is 1. The molecule has 0 saturated carbocycles. The van der Waals surface area contributed by atoms with Gasteiger partial charge in [-0.25, -0.2) is 9.78 Å². The van der Waals surface area contributed by atoms with E-state index in [1.165, 1.54) is 32.4 Å². The molecule has 0 radical (unpaired) electrons. The summed E-state index contributed by atoms with van der Waals surface area (Å²) in [7, 11) is 0. The van der Waals surface area contributed by atoms with Crippen LogP contribution in [-0.2, 0) is 6.42 Å². The topological polar surface area (TPSA) is 48.5 Å². The number of nitrogens with zero attached hydrogens (tertiary/aromatic N) is 3. The minimum Gasteiger partial charge on any atom is -0.338 e. The Labute approximate surface area is 149 Å². The third-order valence-electron chi connectivity index (χ3n) is 5.13. The Bertz CT molecular complexity index is 539. The predicted molar refractivity (Wildman–Crippen MR) is 98.7 cm³/mol. The Morgan fingerprint density at radius 3 is 2.83 bits per heavy atom. The lowest BCUT2D eigenvalue weighted by atomic mass is 10.1. The fourth-order valence-corrected chi connectivity index (χ4v) is 4.56. The molecule has 1 aromatic heterocycles. The van der Waals surface area contributed by atoms with Gasteiger partial charge >= 0.3 is 6.03 Å². The standard InChI is InChI=1S/C18H30N4OS/c1-14(2)16-13-24-17(20-16)6-8-19-18(23)22-11-7-15(12-22)21-9-4-3-5-10-21/h13-15H,3-12H2,1-2H3,(H,19,23). The van der Waals surface area contributed by atoms with Crippen molar-refractivity contribution in [3.8, 4) is 0 Å². The summed E-state index contributed by atoms with van der Waals surface area (Å²) >= 11 is 1.70. The van der Waals surface area contributed by atoms with Crippen molar-refractivity contribution in [2.45, 2.75) is 57.9 Å². The van der Waals surface area contributed by atoms with Crippen molar-refractivity contribution in [1.29, 1.82) is 0 Å². The summed E-state index contributed by atoms with van der Waals surface area (Å²) in [6, 6.07) is 0.666. The molecule has 3 heterocycles. The van der Waals surface area contributed by atoms with Gasteiger partial charge in [-0.15, -0.1) is 11.3 Å². The lowest BCUT2D eigenvalue weighted by Gasteiger charge is -2.32. The summed E-state index contributed by atoms with van der Waals surface area (Å²) in [4.78, 5) is 21.6. The van der Waals surface area contributed by atoms with Crippen molar-refractivity contribution >= 4 is 17.4 Å². The zero-order chi connectivity index (χ0) is 16.9. The highest BCUT2D eigenvalue weighted by molar-refractivity contribution is 7.09. The maximum atomic E-state index is 12.4. The van der Waals surface area contributed by atoms with Gasteiger partial charge in [0.05, 0.1) is 10.7 Å². The van der Waals surface area contributed by atoms with Gasteiger partial charge in [-0.2, -0.15) is 0 Å². The minimum atomic E-state index is 0.0927. The number of hydrogen-bond acceptors (Lipinski definition) is 4. The average Bonchev–Trinajstić information content (AvgIpc) is 3.25. The van der Waals surface area contributed by atoms with E-state index in [0.717, 1.165) is 36.6 Å². The number of aromatic nitrogens is 1. The smallest absolute Gasteiger partial charge is 0.317 e. The van der Waals surface area contributed by atoms with Crippen molar-refractivity contribution in [3.05, 3.63) is 16.1 Å². The first kappa shape index (κ1) is 17.7. The van der Waals surface area contributed by atoms with Gasteiger partial charge < -0.3 is 10.2 Å². The summed E-state index contributed by atoms with van der Waals surface area (Å²) in [5.74, 6) is 0.473. The van der Waals surface area contributed by atoms with Crippen LogP contribution in [0.2, 0.25) is 0 Å². The van der Waals surface area contributed by atoms with Gasteiger partial charge in [0.25, 0.3) is 0 Å². The minimum absolute atomic E-state index is 0.0927. The second kappa shape index (κ2) is 8.30. The number of amides is 2. The maximum Gasteiger partial charge on any atom is 0.317 e. The molecule has 2 fully saturated rings. The highest BCUT2D eigenvalue weighted by Gasteiger charge is 2.30. The fraction of sp³-hybridized carbons (Fsp3) is 0.778. The van der Waals surface area contributed by atoms with Crippen LogP contribution in [0.5, 0.6) is 0 Å². The Morgan fingerprint density at radius 1 is 1.33 bits per heavy atom. The molecule has 1 atom stereocenters. The molecule has 1 N–H and O–H groups in total. The van der Waals surface area contributed by atoms with E-state index in [2.05, 4.69) is 34.4 Å². The lowest BCUT2D eigenvalue weighted by Crippen LogP contribution is -2.44. The Morgan fingerprint density at radius 2 is 2.12 bits per heavy atom. The summed E-state index contributed by atoms with van der Waals surface area (Å²) in [6.07, 6.45) is 5.94. The molecule has 1 unspecified atom stereocenters. The first-order valence-corrected chi connectivity index (χ1v) is 10.2. The molecule has 5 nitrogen and oxygen atoms in total. The number of hydrogen-bond donors (Lipinski definition) is 1. The number of rotatable bonds is 5. The molecule has 2 aliphatic rings. The van der Waals surface area contributed by atoms with Gasteiger partial charge in [0, 0.05) is 37.5 Å². The highest BCUT2D eigenvalue weighted by Crippen LogP contribution is 2.20. The van der Waals surface area contributed by atoms with Crippen LogP contribution in [0.1, 0.15) is 56.2 Å². The molecule has 0 bridgehead atoms. The average molecular weight is 351 g/mol. The monoisotopic (exact) mass is 350 g/mol. The molecular weight excluding hydrogens is 320 g/mol. The van der Waals surface area contributed by atoms with Crippen LogP contribution in [0.4, 0.5) is 4.79 Å². The van der Waals surface area contributed by atoms with E-state index in [1.54, 1.807) is 11.3 Å². The second-order valence-electron chi connectivity index (χ2n) is 7.29. The van der Waals surface area contributed by atoms with E-state index in [1.807, 2.05) is 4.90 Å². The van der Waals surface area contributed by atoms with E-state index in [4.69, 9.17) is 0 Å². The normalized spacial score (nSPS) is 22.3. The van der Waals surface area contributed by atoms with Crippen LogP contribution in [0.25, 0.3) is 0 Å². The van der Waals surface area contributed by atoms with E-state index in [0.29, 0.717) is 18.5 Å². The zero-order valence-corrected chi connectivity index (χ0v) is 15.8. The maximum absolute atomic E-state index is 12.4. The molecule has 2 amide bonds. The number of likely N-dealkylation sites (tertiary alicyclic amines) is 2. The number of piperidine rings is 1.